The largest absolute Gasteiger partial charge is 0.506 e. The maximum absolute atomic E-state index is 10.1. The number of hydrogen-bond acceptors (Lipinski definition) is 5. The molecule has 6 heteroatoms. The van der Waals surface area contributed by atoms with Crippen molar-refractivity contribution < 1.29 is 30.0 Å². The second-order valence-electron chi connectivity index (χ2n) is 3.10. The molecule has 0 saturated heterocycles. The first kappa shape index (κ1) is 10.2. The summed E-state index contributed by atoms with van der Waals surface area (Å²) in [6.45, 7) is 0. The molecular weight excluding hydrogens is 180 g/mol. The first-order valence-corrected chi connectivity index (χ1v) is 3.94. The minimum absolute atomic E-state index is 0.0703. The lowest BCUT2D eigenvalue weighted by atomic mass is 9.90. The zero-order valence-corrected chi connectivity index (χ0v) is 6.83. The third-order valence-corrected chi connectivity index (χ3v) is 2.08. The number of rotatable bonds is 1. The van der Waals surface area contributed by atoms with Crippen LogP contribution < -0.4 is 0 Å². The summed E-state index contributed by atoms with van der Waals surface area (Å²) < 4.78 is 4.32. The summed E-state index contributed by atoms with van der Waals surface area (Å²) in [5.41, 5.74) is 0. The van der Waals surface area contributed by atoms with Gasteiger partial charge >= 0.3 is 6.16 Å². The summed E-state index contributed by atoms with van der Waals surface area (Å²) >= 11 is 0. The quantitative estimate of drug-likeness (QED) is 0.394. The fraction of sp³-hybridized carbons (Fsp3) is 0.857. The molecule has 0 aromatic rings. The first-order chi connectivity index (χ1) is 6.00. The van der Waals surface area contributed by atoms with Gasteiger partial charge in [-0.25, -0.2) is 4.79 Å². The highest BCUT2D eigenvalue weighted by Crippen LogP contribution is 2.22. The lowest BCUT2D eigenvalue weighted by Crippen LogP contribution is -2.46. The molecule has 0 aliphatic heterocycles. The number of aliphatic hydroxyl groups excluding tert-OH is 3. The number of aliphatic hydroxyl groups is 3. The van der Waals surface area contributed by atoms with Crippen molar-refractivity contribution in [3.05, 3.63) is 0 Å². The standard InChI is InChI=1S/C7H12O6/c8-3-1-5(10)6(2-4(3)9)13-7(11)12/h3-6,8-10H,1-2H2,(H,11,12). The van der Waals surface area contributed by atoms with Gasteiger partial charge in [-0.3, -0.25) is 0 Å². The second kappa shape index (κ2) is 3.91. The van der Waals surface area contributed by atoms with Crippen molar-refractivity contribution in [1.29, 1.82) is 0 Å². The van der Waals surface area contributed by atoms with Crippen molar-refractivity contribution in [3.8, 4) is 0 Å². The van der Waals surface area contributed by atoms with E-state index < -0.39 is 30.6 Å². The number of carboxylic acid groups (broad SMARTS) is 1. The molecule has 0 amide bonds. The van der Waals surface area contributed by atoms with Crippen molar-refractivity contribution in [1.82, 2.24) is 0 Å². The lowest BCUT2D eigenvalue weighted by molar-refractivity contribution is -0.115. The van der Waals surface area contributed by atoms with Crippen LogP contribution in [0.3, 0.4) is 0 Å². The Labute approximate surface area is 74.4 Å². The van der Waals surface area contributed by atoms with E-state index in [1.807, 2.05) is 0 Å². The molecule has 1 aliphatic rings. The molecule has 0 heterocycles. The molecule has 0 bridgehead atoms. The number of carbonyl (C=O) groups is 1. The van der Waals surface area contributed by atoms with E-state index in [4.69, 9.17) is 15.3 Å². The highest BCUT2D eigenvalue weighted by atomic mass is 16.7. The van der Waals surface area contributed by atoms with Gasteiger partial charge in [-0.2, -0.15) is 0 Å². The Morgan fingerprint density at radius 3 is 2.15 bits per heavy atom. The zero-order valence-electron chi connectivity index (χ0n) is 6.83. The van der Waals surface area contributed by atoms with Crippen molar-refractivity contribution >= 4 is 6.16 Å². The molecule has 6 nitrogen and oxygen atoms in total. The minimum atomic E-state index is -1.49. The van der Waals surface area contributed by atoms with Crippen molar-refractivity contribution in [2.24, 2.45) is 0 Å². The Balaban J connectivity index is 2.51. The fourth-order valence-electron chi connectivity index (χ4n) is 1.36. The summed E-state index contributed by atoms with van der Waals surface area (Å²) in [5, 5.41) is 35.7. The Morgan fingerprint density at radius 2 is 1.62 bits per heavy atom. The summed E-state index contributed by atoms with van der Waals surface area (Å²) in [7, 11) is 0. The molecule has 4 unspecified atom stereocenters. The molecule has 0 spiro atoms. The second-order valence-corrected chi connectivity index (χ2v) is 3.10. The van der Waals surface area contributed by atoms with Gasteiger partial charge in [0.05, 0.1) is 18.3 Å². The Kier molecular flexibility index (Phi) is 3.07. The average molecular weight is 192 g/mol. The van der Waals surface area contributed by atoms with Gasteiger partial charge in [-0.05, 0) is 0 Å². The van der Waals surface area contributed by atoms with Crippen LogP contribution in [0.1, 0.15) is 12.8 Å². The molecular formula is C7H12O6. The van der Waals surface area contributed by atoms with E-state index >= 15 is 0 Å². The third-order valence-electron chi connectivity index (χ3n) is 2.08. The number of hydrogen-bond donors (Lipinski definition) is 4. The average Bonchev–Trinajstić information content (AvgIpc) is 1.99. The molecule has 1 fully saturated rings. The third kappa shape index (κ3) is 2.55. The first-order valence-electron chi connectivity index (χ1n) is 3.94. The molecule has 0 aromatic heterocycles. The van der Waals surface area contributed by atoms with E-state index in [1.54, 1.807) is 0 Å². The van der Waals surface area contributed by atoms with Gasteiger partial charge in [0.15, 0.2) is 0 Å². The van der Waals surface area contributed by atoms with Crippen LogP contribution in [0, 0.1) is 0 Å². The lowest BCUT2D eigenvalue weighted by Gasteiger charge is -2.32. The van der Waals surface area contributed by atoms with Gasteiger partial charge < -0.3 is 25.2 Å². The predicted octanol–water partition coefficient (Wildman–Crippen LogP) is -1.07. The van der Waals surface area contributed by atoms with Crippen LogP contribution in [0.4, 0.5) is 4.79 Å². The van der Waals surface area contributed by atoms with Gasteiger partial charge in [0.25, 0.3) is 0 Å². The molecule has 0 radical (unpaired) electrons. The summed E-state index contributed by atoms with van der Waals surface area (Å²) in [6.07, 6.45) is -5.68. The monoisotopic (exact) mass is 192 g/mol. The maximum atomic E-state index is 10.1. The Morgan fingerprint density at radius 1 is 1.08 bits per heavy atom. The Bertz CT molecular complexity index is 193. The topological polar surface area (TPSA) is 107 Å². The zero-order chi connectivity index (χ0) is 10.0. The SMILES string of the molecule is O=C(O)OC1CC(O)C(O)CC1O. The van der Waals surface area contributed by atoms with Crippen LogP contribution in [0.2, 0.25) is 0 Å². The normalized spacial score (nSPS) is 39.9. The van der Waals surface area contributed by atoms with Gasteiger partial charge in [-0.1, -0.05) is 0 Å². The summed E-state index contributed by atoms with van der Waals surface area (Å²) in [6, 6.07) is 0. The van der Waals surface area contributed by atoms with Crippen LogP contribution in [-0.4, -0.2) is 51.0 Å². The molecule has 4 atom stereocenters. The van der Waals surface area contributed by atoms with E-state index in [0.717, 1.165) is 0 Å². The molecule has 1 rings (SSSR count). The van der Waals surface area contributed by atoms with Crippen LogP contribution in [0.5, 0.6) is 0 Å². The van der Waals surface area contributed by atoms with E-state index in [0.29, 0.717) is 0 Å². The van der Waals surface area contributed by atoms with Crippen LogP contribution in [0.15, 0.2) is 0 Å². The van der Waals surface area contributed by atoms with Gasteiger partial charge in [0.2, 0.25) is 0 Å². The van der Waals surface area contributed by atoms with Crippen molar-refractivity contribution in [2.75, 3.05) is 0 Å². The van der Waals surface area contributed by atoms with Crippen LogP contribution in [-0.2, 0) is 4.74 Å². The Hall–Kier alpha value is -0.850. The predicted molar refractivity (Wildman–Crippen MR) is 40.2 cm³/mol. The smallest absolute Gasteiger partial charge is 0.450 e. The summed E-state index contributed by atoms with van der Waals surface area (Å²) in [4.78, 5) is 10.1. The van der Waals surface area contributed by atoms with E-state index in [-0.39, 0.29) is 12.8 Å². The van der Waals surface area contributed by atoms with Crippen LogP contribution >= 0.6 is 0 Å². The highest BCUT2D eigenvalue weighted by molar-refractivity contribution is 5.57. The number of ether oxygens (including phenoxy) is 1. The minimum Gasteiger partial charge on any atom is -0.450 e. The molecule has 0 aromatic carbocycles. The molecule has 4 N–H and O–H groups in total. The molecule has 1 aliphatic carbocycles. The van der Waals surface area contributed by atoms with E-state index in [1.165, 1.54) is 0 Å². The van der Waals surface area contributed by atoms with Crippen molar-refractivity contribution in [3.63, 3.8) is 0 Å². The molecule has 13 heavy (non-hydrogen) atoms. The van der Waals surface area contributed by atoms with Gasteiger partial charge in [0, 0.05) is 12.8 Å². The van der Waals surface area contributed by atoms with E-state index in [9.17, 15) is 9.90 Å². The molecule has 76 valence electrons. The maximum Gasteiger partial charge on any atom is 0.506 e. The van der Waals surface area contributed by atoms with Crippen molar-refractivity contribution in [2.45, 2.75) is 37.3 Å². The van der Waals surface area contributed by atoms with E-state index in [2.05, 4.69) is 4.74 Å². The molecule has 1 saturated carbocycles. The highest BCUT2D eigenvalue weighted by Gasteiger charge is 2.36. The fourth-order valence-corrected chi connectivity index (χ4v) is 1.36. The van der Waals surface area contributed by atoms with Crippen LogP contribution in [0.25, 0.3) is 0 Å². The summed E-state index contributed by atoms with van der Waals surface area (Å²) in [5.74, 6) is 0. The van der Waals surface area contributed by atoms with Gasteiger partial charge in [0.1, 0.15) is 6.10 Å². The van der Waals surface area contributed by atoms with Gasteiger partial charge in [-0.15, -0.1) is 0 Å².